The van der Waals surface area contributed by atoms with Crippen LogP contribution in [0.1, 0.15) is 12.8 Å². The molecule has 1 saturated heterocycles. The van der Waals surface area contributed by atoms with E-state index < -0.39 is 0 Å². The fraction of sp³-hybridized carbons (Fsp3) is 0.455. The highest BCUT2D eigenvalue weighted by Gasteiger charge is 2.29. The number of anilines is 1. The van der Waals surface area contributed by atoms with Crippen LogP contribution < -0.4 is 4.90 Å². The fourth-order valence-corrected chi connectivity index (χ4v) is 2.66. The Hall–Kier alpha value is -0.110. The van der Waals surface area contributed by atoms with Crippen molar-refractivity contribution in [1.29, 1.82) is 0 Å². The quantitative estimate of drug-likeness (QED) is 0.727. The third-order valence-corrected chi connectivity index (χ3v) is 3.58. The smallest absolute Gasteiger partial charge is 0.128 e. The molecule has 1 aliphatic rings. The molecule has 0 N–H and O–H groups in total. The van der Waals surface area contributed by atoms with Crippen molar-refractivity contribution in [2.45, 2.75) is 23.7 Å². The van der Waals surface area contributed by atoms with E-state index in [9.17, 15) is 0 Å². The lowest BCUT2D eigenvalue weighted by atomic mass is 10.2. The molecule has 1 heterocycles. The molecule has 15 heavy (non-hydrogen) atoms. The Morgan fingerprint density at radius 1 is 1.20 bits per heavy atom. The van der Waals surface area contributed by atoms with Gasteiger partial charge in [-0.1, -0.05) is 11.6 Å². The summed E-state index contributed by atoms with van der Waals surface area (Å²) in [6.07, 6.45) is 2.20. The van der Waals surface area contributed by atoms with Crippen LogP contribution in [0.25, 0.3) is 0 Å². The van der Waals surface area contributed by atoms with Gasteiger partial charge in [-0.2, -0.15) is 0 Å². The Morgan fingerprint density at radius 2 is 1.87 bits per heavy atom. The fourth-order valence-electron chi connectivity index (χ4n) is 2.01. The molecule has 0 bridgehead atoms. The number of benzene rings is 1. The molecule has 0 aliphatic carbocycles. The van der Waals surface area contributed by atoms with Gasteiger partial charge in [0.15, 0.2) is 0 Å². The van der Waals surface area contributed by atoms with Crippen LogP contribution in [0, 0.1) is 0 Å². The van der Waals surface area contributed by atoms with Crippen molar-refractivity contribution in [3.8, 4) is 0 Å². The number of alkyl halides is 2. The first kappa shape index (κ1) is 11.4. The lowest BCUT2D eigenvalue weighted by molar-refractivity contribution is 0.713. The highest BCUT2D eigenvalue weighted by Crippen LogP contribution is 2.31. The van der Waals surface area contributed by atoms with E-state index in [0.29, 0.717) is 0 Å². The molecule has 1 atom stereocenters. The van der Waals surface area contributed by atoms with Gasteiger partial charge >= 0.3 is 0 Å². The molecule has 4 heteroatoms. The lowest BCUT2D eigenvalue weighted by Crippen LogP contribution is -2.33. The van der Waals surface area contributed by atoms with E-state index in [0.717, 1.165) is 30.1 Å². The van der Waals surface area contributed by atoms with Gasteiger partial charge in [0.1, 0.15) is 4.84 Å². The summed E-state index contributed by atoms with van der Waals surface area (Å²) >= 11 is 17.8. The Bertz CT molecular complexity index is 323. The minimum atomic E-state index is -0.330. The van der Waals surface area contributed by atoms with Gasteiger partial charge in [-0.3, -0.25) is 0 Å². The first-order valence-corrected chi connectivity index (χ1v) is 6.24. The number of hydrogen-bond donors (Lipinski definition) is 0. The number of nitrogens with zero attached hydrogens (tertiary/aromatic N) is 1. The molecule has 0 aromatic heterocycles. The van der Waals surface area contributed by atoms with Crippen LogP contribution in [0.2, 0.25) is 5.02 Å². The third kappa shape index (κ3) is 2.52. The maximum absolute atomic E-state index is 5.96. The summed E-state index contributed by atoms with van der Waals surface area (Å²) in [5, 5.41) is 0.753. The van der Waals surface area contributed by atoms with Gasteiger partial charge in [0.2, 0.25) is 0 Å². The second-order valence-electron chi connectivity index (χ2n) is 3.71. The Labute approximate surface area is 105 Å². The van der Waals surface area contributed by atoms with Gasteiger partial charge in [-0.25, -0.2) is 0 Å². The monoisotopic (exact) mass is 263 g/mol. The summed E-state index contributed by atoms with van der Waals surface area (Å²) in [4.78, 5) is 1.92. The predicted molar refractivity (Wildman–Crippen MR) is 67.3 cm³/mol. The van der Waals surface area contributed by atoms with E-state index >= 15 is 0 Å². The van der Waals surface area contributed by atoms with Crippen LogP contribution in [0.15, 0.2) is 24.3 Å². The van der Waals surface area contributed by atoms with Gasteiger partial charge in [-0.05, 0) is 37.1 Å². The minimum Gasteiger partial charge on any atom is -0.366 e. The van der Waals surface area contributed by atoms with E-state index in [2.05, 4.69) is 4.90 Å². The van der Waals surface area contributed by atoms with Crippen molar-refractivity contribution in [2.75, 3.05) is 11.4 Å². The zero-order chi connectivity index (χ0) is 10.8. The van der Waals surface area contributed by atoms with Gasteiger partial charge in [0.25, 0.3) is 0 Å². The summed E-state index contributed by atoms with van der Waals surface area (Å²) in [7, 11) is 0. The van der Waals surface area contributed by atoms with Crippen LogP contribution >= 0.6 is 34.8 Å². The van der Waals surface area contributed by atoms with Crippen molar-refractivity contribution in [3.63, 3.8) is 0 Å². The third-order valence-electron chi connectivity index (χ3n) is 2.75. The zero-order valence-electron chi connectivity index (χ0n) is 8.17. The first-order chi connectivity index (χ1) is 7.18. The first-order valence-electron chi connectivity index (χ1n) is 4.99. The molecule has 0 spiro atoms. The molecule has 1 unspecified atom stereocenters. The van der Waals surface area contributed by atoms with E-state index in [1.54, 1.807) is 0 Å². The van der Waals surface area contributed by atoms with Gasteiger partial charge in [0, 0.05) is 17.3 Å². The minimum absolute atomic E-state index is 0.231. The van der Waals surface area contributed by atoms with Gasteiger partial charge in [0.05, 0.1) is 6.04 Å². The van der Waals surface area contributed by atoms with Crippen molar-refractivity contribution < 1.29 is 0 Å². The molecule has 1 fully saturated rings. The van der Waals surface area contributed by atoms with E-state index in [1.807, 2.05) is 24.3 Å². The largest absolute Gasteiger partial charge is 0.366 e. The summed E-state index contributed by atoms with van der Waals surface area (Å²) in [5.74, 6) is 0. The summed E-state index contributed by atoms with van der Waals surface area (Å²) in [6.45, 7) is 1.02. The molecule has 0 radical (unpaired) electrons. The van der Waals surface area contributed by atoms with Gasteiger partial charge in [-0.15, -0.1) is 23.2 Å². The average molecular weight is 265 g/mol. The molecular weight excluding hydrogens is 252 g/mol. The second kappa shape index (κ2) is 4.82. The van der Waals surface area contributed by atoms with E-state index in [1.165, 1.54) is 0 Å². The molecule has 1 aliphatic heterocycles. The molecular formula is C11H12Cl3N. The lowest BCUT2D eigenvalue weighted by Gasteiger charge is -2.27. The molecule has 0 amide bonds. The molecule has 82 valence electrons. The summed E-state index contributed by atoms with van der Waals surface area (Å²) < 4.78 is 0. The zero-order valence-corrected chi connectivity index (χ0v) is 10.4. The number of rotatable bonds is 2. The highest BCUT2D eigenvalue weighted by atomic mass is 35.5. The average Bonchev–Trinajstić information content (AvgIpc) is 2.67. The van der Waals surface area contributed by atoms with E-state index in [4.69, 9.17) is 34.8 Å². The molecule has 1 aromatic rings. The Kier molecular flexibility index (Phi) is 3.65. The van der Waals surface area contributed by atoms with Crippen molar-refractivity contribution in [1.82, 2.24) is 0 Å². The Balaban J connectivity index is 2.19. The van der Waals surface area contributed by atoms with Crippen LogP contribution in [0.3, 0.4) is 0 Å². The van der Waals surface area contributed by atoms with E-state index in [-0.39, 0.29) is 10.9 Å². The van der Waals surface area contributed by atoms with Crippen molar-refractivity contribution >= 4 is 40.5 Å². The van der Waals surface area contributed by atoms with Crippen LogP contribution in [-0.4, -0.2) is 17.4 Å². The van der Waals surface area contributed by atoms with Crippen molar-refractivity contribution in [2.24, 2.45) is 0 Å². The summed E-state index contributed by atoms with van der Waals surface area (Å²) in [6, 6.07) is 8.04. The predicted octanol–water partition coefficient (Wildman–Crippen LogP) is 4.11. The standard InChI is InChI=1S/C11H12Cl3N/c12-8-3-5-9(6-4-8)15-7-1-2-10(15)11(13)14/h3-6,10-11H,1-2,7H2. The SMILES string of the molecule is Clc1ccc(N2CCCC2C(Cl)Cl)cc1. The maximum Gasteiger partial charge on any atom is 0.128 e. The molecule has 0 saturated carbocycles. The van der Waals surface area contributed by atoms with Gasteiger partial charge < -0.3 is 4.90 Å². The molecule has 2 rings (SSSR count). The Morgan fingerprint density at radius 3 is 2.47 bits per heavy atom. The van der Waals surface area contributed by atoms with Crippen LogP contribution in [0.5, 0.6) is 0 Å². The maximum atomic E-state index is 5.96. The summed E-state index contributed by atoms with van der Waals surface area (Å²) in [5.41, 5.74) is 1.15. The molecule has 1 aromatic carbocycles. The highest BCUT2D eigenvalue weighted by molar-refractivity contribution is 6.45. The number of halogens is 3. The topological polar surface area (TPSA) is 3.24 Å². The van der Waals surface area contributed by atoms with Crippen LogP contribution in [-0.2, 0) is 0 Å². The second-order valence-corrected chi connectivity index (χ2v) is 5.31. The van der Waals surface area contributed by atoms with Crippen molar-refractivity contribution in [3.05, 3.63) is 29.3 Å². The van der Waals surface area contributed by atoms with Crippen LogP contribution in [0.4, 0.5) is 5.69 Å². The number of hydrogen-bond acceptors (Lipinski definition) is 1. The normalized spacial score (nSPS) is 21.3. The molecule has 1 nitrogen and oxygen atoms in total.